The summed E-state index contributed by atoms with van der Waals surface area (Å²) in [5.74, 6) is -0.660. The van der Waals surface area contributed by atoms with Gasteiger partial charge < -0.3 is 19.6 Å². The molecule has 22 heavy (non-hydrogen) atoms. The highest BCUT2D eigenvalue weighted by atomic mass is 16.5. The van der Waals surface area contributed by atoms with Crippen LogP contribution in [0, 0.1) is 13.8 Å². The maximum Gasteiger partial charge on any atom is 0.339 e. The van der Waals surface area contributed by atoms with E-state index in [0.29, 0.717) is 29.1 Å². The van der Waals surface area contributed by atoms with Crippen molar-refractivity contribution in [2.75, 3.05) is 13.7 Å². The van der Waals surface area contributed by atoms with Crippen molar-refractivity contribution in [1.29, 1.82) is 0 Å². The van der Waals surface area contributed by atoms with E-state index in [1.165, 1.54) is 7.11 Å². The fourth-order valence-electron chi connectivity index (χ4n) is 2.36. The minimum absolute atomic E-state index is 0.221. The first-order valence-corrected chi connectivity index (χ1v) is 7.06. The van der Waals surface area contributed by atoms with Crippen molar-refractivity contribution in [2.45, 2.75) is 26.8 Å². The molecule has 1 amide bonds. The van der Waals surface area contributed by atoms with Gasteiger partial charge in [0.25, 0.3) is 5.91 Å². The summed E-state index contributed by atoms with van der Waals surface area (Å²) in [4.78, 5) is 30.8. The first-order chi connectivity index (χ1) is 10.5. The highest BCUT2D eigenvalue weighted by Crippen LogP contribution is 2.18. The predicted octanol–water partition coefficient (Wildman–Crippen LogP) is 1.43. The van der Waals surface area contributed by atoms with Gasteiger partial charge in [0, 0.05) is 31.2 Å². The Morgan fingerprint density at radius 3 is 2.82 bits per heavy atom. The molecule has 0 saturated carbocycles. The third kappa shape index (κ3) is 3.36. The molecule has 7 nitrogen and oxygen atoms in total. The first-order valence-electron chi connectivity index (χ1n) is 7.06. The summed E-state index contributed by atoms with van der Waals surface area (Å²) in [5, 5.41) is 2.84. The monoisotopic (exact) mass is 304 g/mol. The van der Waals surface area contributed by atoms with Gasteiger partial charge in [-0.1, -0.05) is 0 Å². The van der Waals surface area contributed by atoms with E-state index >= 15 is 0 Å². The Balaban J connectivity index is 1.94. The average Bonchev–Trinajstić information content (AvgIpc) is 3.11. The van der Waals surface area contributed by atoms with Crippen LogP contribution in [-0.2, 0) is 11.3 Å². The number of carbonyl (C=O) groups excluding carboxylic acids is 2. The summed E-state index contributed by atoms with van der Waals surface area (Å²) in [6.45, 7) is 4.81. The van der Waals surface area contributed by atoms with Crippen molar-refractivity contribution >= 4 is 11.9 Å². The van der Waals surface area contributed by atoms with Gasteiger partial charge >= 0.3 is 5.97 Å². The number of nitrogens with one attached hydrogen (secondary N) is 2. The number of esters is 1. The topological polar surface area (TPSA) is 89.0 Å². The van der Waals surface area contributed by atoms with Crippen LogP contribution in [0.5, 0.6) is 0 Å². The third-order valence-corrected chi connectivity index (χ3v) is 3.49. The zero-order valence-corrected chi connectivity index (χ0v) is 13.0. The van der Waals surface area contributed by atoms with Crippen LogP contribution in [-0.4, -0.2) is 40.1 Å². The highest BCUT2D eigenvalue weighted by Gasteiger charge is 2.22. The molecule has 0 aliphatic carbocycles. The highest BCUT2D eigenvalue weighted by molar-refractivity contribution is 6.00. The Bertz CT molecular complexity index is 659. The van der Waals surface area contributed by atoms with Crippen molar-refractivity contribution in [3.05, 3.63) is 41.2 Å². The van der Waals surface area contributed by atoms with Crippen LogP contribution in [0.25, 0.3) is 0 Å². The molecule has 2 aromatic heterocycles. The number of amides is 1. The van der Waals surface area contributed by atoms with Crippen molar-refractivity contribution in [3.63, 3.8) is 0 Å². The normalized spacial score (nSPS) is 10.5. The average molecular weight is 304 g/mol. The number of imidazole rings is 1. The Morgan fingerprint density at radius 2 is 2.18 bits per heavy atom. The maximum absolute atomic E-state index is 12.2. The number of nitrogens with zero attached hydrogens (tertiary/aromatic N) is 2. The standard InChI is InChI=1S/C15H20N4O3/c1-10-12(15(21)22-3)11(2)18-13(10)14(20)17-5-4-7-19-8-6-16-9-19/h6,8-9,18H,4-5,7H2,1-3H3,(H,17,20). The number of rotatable bonds is 6. The molecule has 2 heterocycles. The van der Waals surface area contributed by atoms with Crippen molar-refractivity contribution in [3.8, 4) is 0 Å². The van der Waals surface area contributed by atoms with Crippen LogP contribution in [0.1, 0.15) is 38.5 Å². The second kappa shape index (κ2) is 6.93. The van der Waals surface area contributed by atoms with Gasteiger partial charge in [0.05, 0.1) is 19.0 Å². The molecule has 0 aromatic carbocycles. The number of carbonyl (C=O) groups is 2. The van der Waals surface area contributed by atoms with Crippen molar-refractivity contribution < 1.29 is 14.3 Å². The van der Waals surface area contributed by atoms with E-state index < -0.39 is 5.97 Å². The summed E-state index contributed by atoms with van der Waals surface area (Å²) in [6, 6.07) is 0. The van der Waals surface area contributed by atoms with Crippen LogP contribution in [0.3, 0.4) is 0 Å². The van der Waals surface area contributed by atoms with Crippen LogP contribution in [0.4, 0.5) is 0 Å². The Labute approximate surface area is 128 Å². The van der Waals surface area contributed by atoms with Crippen LogP contribution >= 0.6 is 0 Å². The van der Waals surface area contributed by atoms with Gasteiger partial charge in [-0.05, 0) is 25.8 Å². The molecule has 0 fully saturated rings. The van der Waals surface area contributed by atoms with Gasteiger partial charge in [0.1, 0.15) is 5.69 Å². The summed E-state index contributed by atoms with van der Waals surface area (Å²) >= 11 is 0. The smallest absolute Gasteiger partial charge is 0.339 e. The lowest BCUT2D eigenvalue weighted by atomic mass is 10.1. The minimum atomic E-state index is -0.439. The number of H-pyrrole nitrogens is 1. The van der Waals surface area contributed by atoms with Crippen molar-refractivity contribution in [2.24, 2.45) is 0 Å². The molecular weight excluding hydrogens is 284 g/mol. The number of aromatic amines is 1. The van der Waals surface area contributed by atoms with Gasteiger partial charge in [0.2, 0.25) is 0 Å². The fourth-order valence-corrected chi connectivity index (χ4v) is 2.36. The van der Waals surface area contributed by atoms with Crippen LogP contribution in [0.2, 0.25) is 0 Å². The van der Waals surface area contributed by atoms with Crippen LogP contribution in [0.15, 0.2) is 18.7 Å². The number of hydrogen-bond acceptors (Lipinski definition) is 4. The maximum atomic E-state index is 12.2. The second-order valence-corrected chi connectivity index (χ2v) is 5.03. The molecule has 0 radical (unpaired) electrons. The largest absolute Gasteiger partial charge is 0.465 e. The minimum Gasteiger partial charge on any atom is -0.465 e. The second-order valence-electron chi connectivity index (χ2n) is 5.03. The SMILES string of the molecule is COC(=O)c1c(C)[nH]c(C(=O)NCCCn2ccnc2)c1C. The zero-order valence-electron chi connectivity index (χ0n) is 13.0. The number of aryl methyl sites for hydroxylation is 2. The quantitative estimate of drug-likeness (QED) is 0.624. The Morgan fingerprint density at radius 1 is 1.41 bits per heavy atom. The van der Waals surface area contributed by atoms with Gasteiger partial charge in [-0.3, -0.25) is 4.79 Å². The molecule has 0 aliphatic rings. The van der Waals surface area contributed by atoms with E-state index in [1.54, 1.807) is 26.4 Å². The molecule has 7 heteroatoms. The number of methoxy groups -OCH3 is 1. The van der Waals surface area contributed by atoms with Gasteiger partial charge in [-0.25, -0.2) is 9.78 Å². The van der Waals surface area contributed by atoms with E-state index in [1.807, 2.05) is 10.8 Å². The molecular formula is C15H20N4O3. The zero-order chi connectivity index (χ0) is 16.1. The summed E-state index contributed by atoms with van der Waals surface area (Å²) in [6.07, 6.45) is 6.13. The molecule has 118 valence electrons. The number of ether oxygens (including phenoxy) is 1. The molecule has 0 saturated heterocycles. The number of hydrogen-bond donors (Lipinski definition) is 2. The predicted molar refractivity (Wildman–Crippen MR) is 80.8 cm³/mol. The molecule has 0 atom stereocenters. The number of aromatic nitrogens is 3. The van der Waals surface area contributed by atoms with Gasteiger partial charge in [-0.2, -0.15) is 0 Å². The molecule has 2 aromatic rings. The van der Waals surface area contributed by atoms with E-state index in [4.69, 9.17) is 4.74 Å². The molecule has 2 N–H and O–H groups in total. The Hall–Kier alpha value is -2.57. The lowest BCUT2D eigenvalue weighted by molar-refractivity contribution is 0.0599. The fraction of sp³-hybridized carbons (Fsp3) is 0.400. The molecule has 0 unspecified atom stereocenters. The third-order valence-electron chi connectivity index (χ3n) is 3.49. The molecule has 0 spiro atoms. The summed E-state index contributed by atoms with van der Waals surface area (Å²) in [5.41, 5.74) is 2.07. The first kappa shape index (κ1) is 15.8. The van der Waals surface area contributed by atoms with E-state index in [0.717, 1.165) is 13.0 Å². The summed E-state index contributed by atoms with van der Waals surface area (Å²) < 4.78 is 6.68. The van der Waals surface area contributed by atoms with E-state index in [9.17, 15) is 9.59 Å². The lowest BCUT2D eigenvalue weighted by Crippen LogP contribution is -2.26. The van der Waals surface area contributed by atoms with Gasteiger partial charge in [0.15, 0.2) is 0 Å². The molecule has 0 bridgehead atoms. The van der Waals surface area contributed by atoms with Gasteiger partial charge in [-0.15, -0.1) is 0 Å². The van der Waals surface area contributed by atoms with E-state index in [2.05, 4.69) is 15.3 Å². The van der Waals surface area contributed by atoms with Crippen LogP contribution < -0.4 is 5.32 Å². The molecule has 0 aliphatic heterocycles. The molecule has 2 rings (SSSR count). The van der Waals surface area contributed by atoms with Crippen molar-refractivity contribution in [1.82, 2.24) is 19.9 Å². The Kier molecular flexibility index (Phi) is 4.98. The lowest BCUT2D eigenvalue weighted by Gasteiger charge is -2.05. The van der Waals surface area contributed by atoms with E-state index in [-0.39, 0.29) is 5.91 Å². The summed E-state index contributed by atoms with van der Waals surface area (Å²) in [7, 11) is 1.32.